The van der Waals surface area contributed by atoms with Crippen molar-refractivity contribution in [1.82, 2.24) is 10.3 Å². The van der Waals surface area contributed by atoms with Crippen LogP contribution in [0.4, 0.5) is 0 Å². The van der Waals surface area contributed by atoms with Crippen molar-refractivity contribution in [3.05, 3.63) is 53.9 Å². The molecule has 1 aromatic carbocycles. The van der Waals surface area contributed by atoms with Crippen LogP contribution in [-0.4, -0.2) is 25.0 Å². The van der Waals surface area contributed by atoms with E-state index < -0.39 is 0 Å². The molecule has 1 heterocycles. The molecule has 1 aromatic heterocycles. The summed E-state index contributed by atoms with van der Waals surface area (Å²) in [6, 6.07) is 11.3. The van der Waals surface area contributed by atoms with Gasteiger partial charge in [-0.05, 0) is 5.56 Å². The fourth-order valence-corrected chi connectivity index (χ4v) is 1.68. The summed E-state index contributed by atoms with van der Waals surface area (Å²) in [5.41, 5.74) is 1.33. The molecule has 2 aromatic rings. The average Bonchev–Trinajstić information content (AvgIpc) is 2.53. The molecule has 2 rings (SSSR count). The number of benzene rings is 1. The molecule has 1 N–H and O–H groups in total. The zero-order chi connectivity index (χ0) is 14.4. The largest absolute Gasteiger partial charge is 0.493 e. The molecule has 5 nitrogen and oxygen atoms in total. The summed E-state index contributed by atoms with van der Waals surface area (Å²) in [7, 11) is 3.08. The normalized spacial score (nSPS) is 9.90. The third kappa shape index (κ3) is 3.26. The number of aromatic nitrogens is 1. The van der Waals surface area contributed by atoms with Gasteiger partial charge >= 0.3 is 0 Å². The van der Waals surface area contributed by atoms with Crippen molar-refractivity contribution in [2.24, 2.45) is 0 Å². The van der Waals surface area contributed by atoms with Crippen LogP contribution in [0.1, 0.15) is 16.1 Å². The summed E-state index contributed by atoms with van der Waals surface area (Å²) < 4.78 is 10.9. The highest BCUT2D eigenvalue weighted by Crippen LogP contribution is 2.27. The number of hydrogen-bond donors (Lipinski definition) is 1. The van der Waals surface area contributed by atoms with E-state index in [1.54, 1.807) is 13.1 Å². The van der Waals surface area contributed by atoms with Gasteiger partial charge in [0.25, 0.3) is 5.91 Å². The van der Waals surface area contributed by atoms with E-state index in [9.17, 15) is 4.79 Å². The Bertz CT molecular complexity index is 585. The van der Waals surface area contributed by atoms with E-state index in [0.717, 1.165) is 5.56 Å². The number of carbonyl (C=O) groups excluding carboxylic acids is 1. The lowest BCUT2D eigenvalue weighted by molar-refractivity contribution is 0.0957. The minimum Gasteiger partial charge on any atom is -0.493 e. The molecule has 0 aliphatic carbocycles. The molecule has 1 amide bonds. The van der Waals surface area contributed by atoms with Gasteiger partial charge in [0.2, 0.25) is 0 Å². The number of hydrogen-bond acceptors (Lipinski definition) is 4. The number of ether oxygens (including phenoxy) is 2. The zero-order valence-electron chi connectivity index (χ0n) is 11.4. The Morgan fingerprint density at radius 3 is 2.65 bits per heavy atom. The summed E-state index contributed by atoms with van der Waals surface area (Å²) in [6.07, 6.45) is 1.49. The summed E-state index contributed by atoms with van der Waals surface area (Å²) in [5.74, 6) is 0.719. The molecule has 0 unspecified atom stereocenters. The molecule has 0 saturated heterocycles. The average molecular weight is 272 g/mol. The van der Waals surface area contributed by atoms with Gasteiger partial charge in [-0.2, -0.15) is 0 Å². The highest BCUT2D eigenvalue weighted by molar-refractivity contribution is 5.92. The topological polar surface area (TPSA) is 60.5 Å². The third-order valence-electron chi connectivity index (χ3n) is 2.75. The van der Waals surface area contributed by atoms with Crippen molar-refractivity contribution >= 4 is 5.91 Å². The van der Waals surface area contributed by atoms with Crippen LogP contribution >= 0.6 is 0 Å². The SMILES string of the molecule is CNC(=O)c1cc(OC)c(OCc2ccccc2)cn1. The van der Waals surface area contributed by atoms with E-state index in [2.05, 4.69) is 10.3 Å². The smallest absolute Gasteiger partial charge is 0.269 e. The Hall–Kier alpha value is -2.56. The summed E-state index contributed by atoms with van der Waals surface area (Å²) in [4.78, 5) is 15.6. The van der Waals surface area contributed by atoms with Crippen LogP contribution in [0.2, 0.25) is 0 Å². The van der Waals surface area contributed by atoms with Crippen LogP contribution in [-0.2, 0) is 6.61 Å². The van der Waals surface area contributed by atoms with Gasteiger partial charge in [0.1, 0.15) is 12.3 Å². The van der Waals surface area contributed by atoms with E-state index in [4.69, 9.17) is 9.47 Å². The number of rotatable bonds is 5. The van der Waals surface area contributed by atoms with E-state index in [1.807, 2.05) is 30.3 Å². The van der Waals surface area contributed by atoms with Crippen molar-refractivity contribution in [1.29, 1.82) is 0 Å². The number of amides is 1. The van der Waals surface area contributed by atoms with Crippen molar-refractivity contribution in [3.8, 4) is 11.5 Å². The Labute approximate surface area is 117 Å². The van der Waals surface area contributed by atoms with E-state index >= 15 is 0 Å². The first-order valence-corrected chi connectivity index (χ1v) is 6.17. The molecule has 0 fully saturated rings. The van der Waals surface area contributed by atoms with E-state index in [-0.39, 0.29) is 11.6 Å². The second kappa shape index (κ2) is 6.56. The molecule has 0 atom stereocenters. The van der Waals surface area contributed by atoms with E-state index in [1.165, 1.54) is 13.3 Å². The number of nitrogens with one attached hydrogen (secondary N) is 1. The summed E-state index contributed by atoms with van der Waals surface area (Å²) in [5, 5.41) is 2.51. The molecule has 0 bridgehead atoms. The second-order valence-electron chi connectivity index (χ2n) is 4.07. The maximum atomic E-state index is 11.5. The van der Waals surface area contributed by atoms with Crippen LogP contribution in [0, 0.1) is 0 Å². The lowest BCUT2D eigenvalue weighted by Crippen LogP contribution is -2.19. The molecule has 0 radical (unpaired) electrons. The van der Waals surface area contributed by atoms with Crippen LogP contribution in [0.15, 0.2) is 42.6 Å². The first-order valence-electron chi connectivity index (χ1n) is 6.17. The van der Waals surface area contributed by atoms with Gasteiger partial charge in [-0.15, -0.1) is 0 Å². The lowest BCUT2D eigenvalue weighted by atomic mass is 10.2. The van der Waals surface area contributed by atoms with Gasteiger partial charge in [-0.25, -0.2) is 4.98 Å². The van der Waals surface area contributed by atoms with Gasteiger partial charge < -0.3 is 14.8 Å². The molecule has 5 heteroatoms. The number of carbonyl (C=O) groups is 1. The summed E-state index contributed by atoms with van der Waals surface area (Å²) in [6.45, 7) is 0.415. The van der Waals surface area contributed by atoms with Crippen molar-refractivity contribution < 1.29 is 14.3 Å². The van der Waals surface area contributed by atoms with Crippen molar-refractivity contribution in [3.63, 3.8) is 0 Å². The molecule has 0 aliphatic heterocycles. The number of nitrogens with zero attached hydrogens (tertiary/aromatic N) is 1. The first-order chi connectivity index (χ1) is 9.74. The minimum absolute atomic E-state index is 0.266. The maximum Gasteiger partial charge on any atom is 0.269 e. The van der Waals surface area contributed by atoms with Gasteiger partial charge in [0, 0.05) is 13.1 Å². The highest BCUT2D eigenvalue weighted by Gasteiger charge is 2.11. The van der Waals surface area contributed by atoms with Crippen LogP contribution in [0.25, 0.3) is 0 Å². The Kier molecular flexibility index (Phi) is 4.55. The van der Waals surface area contributed by atoms with Crippen LogP contribution < -0.4 is 14.8 Å². The molecule has 20 heavy (non-hydrogen) atoms. The third-order valence-corrected chi connectivity index (χ3v) is 2.75. The quantitative estimate of drug-likeness (QED) is 0.904. The molecule has 0 saturated carbocycles. The number of pyridine rings is 1. The van der Waals surface area contributed by atoms with E-state index in [0.29, 0.717) is 18.1 Å². The van der Waals surface area contributed by atoms with Gasteiger partial charge in [-0.1, -0.05) is 30.3 Å². The fourth-order valence-electron chi connectivity index (χ4n) is 1.68. The first kappa shape index (κ1) is 13.9. The second-order valence-corrected chi connectivity index (χ2v) is 4.07. The number of methoxy groups -OCH3 is 1. The van der Waals surface area contributed by atoms with Gasteiger partial charge in [0.05, 0.1) is 13.3 Å². The molecule has 0 spiro atoms. The monoisotopic (exact) mass is 272 g/mol. The zero-order valence-corrected chi connectivity index (χ0v) is 11.4. The molecular formula is C15H16N2O3. The molecule has 0 aliphatic rings. The van der Waals surface area contributed by atoms with Crippen molar-refractivity contribution in [2.75, 3.05) is 14.2 Å². The summed E-state index contributed by atoms with van der Waals surface area (Å²) >= 11 is 0. The van der Waals surface area contributed by atoms with Gasteiger partial charge in [0.15, 0.2) is 11.5 Å². The Morgan fingerprint density at radius 1 is 1.25 bits per heavy atom. The minimum atomic E-state index is -0.266. The molecule has 104 valence electrons. The lowest BCUT2D eigenvalue weighted by Gasteiger charge is -2.11. The Morgan fingerprint density at radius 2 is 2.00 bits per heavy atom. The highest BCUT2D eigenvalue weighted by atomic mass is 16.5. The predicted octanol–water partition coefficient (Wildman–Crippen LogP) is 2.03. The van der Waals surface area contributed by atoms with Crippen molar-refractivity contribution in [2.45, 2.75) is 6.61 Å². The molecular weight excluding hydrogens is 256 g/mol. The van der Waals surface area contributed by atoms with Crippen LogP contribution in [0.5, 0.6) is 11.5 Å². The van der Waals surface area contributed by atoms with Gasteiger partial charge in [-0.3, -0.25) is 4.79 Å². The van der Waals surface area contributed by atoms with Crippen LogP contribution in [0.3, 0.4) is 0 Å². The fraction of sp³-hybridized carbons (Fsp3) is 0.200. The Balaban J connectivity index is 2.13. The standard InChI is InChI=1S/C15H16N2O3/c1-16-15(18)12-8-13(19-2)14(9-17-12)20-10-11-6-4-3-5-7-11/h3-9H,10H2,1-2H3,(H,16,18). The maximum absolute atomic E-state index is 11.5. The predicted molar refractivity (Wildman–Crippen MR) is 75.0 cm³/mol.